The van der Waals surface area contributed by atoms with Crippen molar-refractivity contribution in [3.05, 3.63) is 53.0 Å². The zero-order chi connectivity index (χ0) is 15.8. The first-order chi connectivity index (χ1) is 11.2. The van der Waals surface area contributed by atoms with Crippen LogP contribution in [0.5, 0.6) is 0 Å². The molecule has 2 aromatic heterocycles. The average molecular weight is 328 g/mol. The molecule has 118 valence electrons. The average Bonchev–Trinajstić information content (AvgIpc) is 2.98. The lowest BCUT2D eigenvalue weighted by molar-refractivity contribution is 0.406. The smallest absolute Gasteiger partial charge is 0.198 e. The van der Waals surface area contributed by atoms with E-state index in [-0.39, 0.29) is 0 Å². The number of hydrogen-bond donors (Lipinski definition) is 0. The van der Waals surface area contributed by atoms with Crippen LogP contribution in [0.1, 0.15) is 30.3 Å². The second-order valence-electron chi connectivity index (χ2n) is 6.06. The quantitative estimate of drug-likeness (QED) is 0.691. The summed E-state index contributed by atoms with van der Waals surface area (Å²) in [7, 11) is 0. The van der Waals surface area contributed by atoms with Gasteiger partial charge in [0.05, 0.1) is 0 Å². The number of oxazole rings is 1. The Hall–Kier alpha value is -2.07. The van der Waals surface area contributed by atoms with E-state index in [4.69, 9.17) is 16.0 Å². The number of aromatic nitrogens is 2. The third kappa shape index (κ3) is 2.91. The Bertz CT molecular complexity index is 837. The minimum absolute atomic E-state index is 0.363. The van der Waals surface area contributed by atoms with Crippen LogP contribution in [0.25, 0.3) is 11.1 Å². The molecule has 0 saturated carbocycles. The molecule has 0 atom stereocenters. The van der Waals surface area contributed by atoms with Gasteiger partial charge < -0.3 is 9.32 Å². The Kier molecular flexibility index (Phi) is 3.69. The summed E-state index contributed by atoms with van der Waals surface area (Å²) in [6.07, 6.45) is 2.05. The molecule has 1 fully saturated rings. The maximum Gasteiger partial charge on any atom is 0.198 e. The topological polar surface area (TPSA) is 42.2 Å². The number of aryl methyl sites for hydroxylation is 1. The van der Waals surface area contributed by atoms with Crippen molar-refractivity contribution in [2.75, 3.05) is 18.0 Å². The van der Waals surface area contributed by atoms with Crippen LogP contribution in [-0.2, 0) is 0 Å². The molecule has 0 radical (unpaired) electrons. The highest BCUT2D eigenvalue weighted by Gasteiger charge is 2.25. The molecule has 0 unspecified atom stereocenters. The maximum atomic E-state index is 6.02. The summed E-state index contributed by atoms with van der Waals surface area (Å²) >= 11 is 6.02. The summed E-state index contributed by atoms with van der Waals surface area (Å²) in [6.45, 7) is 3.97. The van der Waals surface area contributed by atoms with E-state index in [9.17, 15) is 0 Å². The SMILES string of the molecule is Cc1cccc(N2CCC(c3nc4cc(Cl)ccc4o3)CC2)n1. The van der Waals surface area contributed by atoms with Crippen molar-refractivity contribution in [1.29, 1.82) is 0 Å². The number of fused-ring (bicyclic) bond motifs is 1. The van der Waals surface area contributed by atoms with E-state index >= 15 is 0 Å². The molecule has 1 aliphatic heterocycles. The van der Waals surface area contributed by atoms with Gasteiger partial charge in [0.1, 0.15) is 11.3 Å². The summed E-state index contributed by atoms with van der Waals surface area (Å²) in [5.41, 5.74) is 2.71. The molecule has 1 saturated heterocycles. The molecule has 0 N–H and O–H groups in total. The van der Waals surface area contributed by atoms with Crippen molar-refractivity contribution in [2.45, 2.75) is 25.7 Å². The number of nitrogens with zero attached hydrogens (tertiary/aromatic N) is 3. The van der Waals surface area contributed by atoms with Crippen LogP contribution in [-0.4, -0.2) is 23.1 Å². The molecule has 0 spiro atoms. The van der Waals surface area contributed by atoms with Gasteiger partial charge in [0, 0.05) is 29.7 Å². The largest absolute Gasteiger partial charge is 0.440 e. The zero-order valence-electron chi connectivity index (χ0n) is 13.0. The minimum atomic E-state index is 0.363. The molecule has 3 heterocycles. The molecule has 4 nitrogen and oxygen atoms in total. The van der Waals surface area contributed by atoms with Crippen LogP contribution in [0.15, 0.2) is 40.8 Å². The second kappa shape index (κ2) is 5.85. The molecule has 1 aliphatic rings. The van der Waals surface area contributed by atoms with E-state index in [0.717, 1.165) is 54.4 Å². The molecule has 5 heteroatoms. The number of pyridine rings is 1. The van der Waals surface area contributed by atoms with Gasteiger partial charge in [-0.2, -0.15) is 0 Å². The van der Waals surface area contributed by atoms with Crippen molar-refractivity contribution >= 4 is 28.5 Å². The third-order valence-electron chi connectivity index (χ3n) is 4.41. The van der Waals surface area contributed by atoms with Gasteiger partial charge >= 0.3 is 0 Å². The van der Waals surface area contributed by atoms with Gasteiger partial charge in [-0.05, 0) is 50.1 Å². The van der Waals surface area contributed by atoms with Gasteiger partial charge in [-0.15, -0.1) is 0 Å². The normalized spacial score (nSPS) is 16.2. The van der Waals surface area contributed by atoms with E-state index in [2.05, 4.69) is 27.0 Å². The first kappa shape index (κ1) is 14.5. The molecule has 23 heavy (non-hydrogen) atoms. The van der Waals surface area contributed by atoms with E-state index < -0.39 is 0 Å². The first-order valence-electron chi connectivity index (χ1n) is 7.93. The summed E-state index contributed by atoms with van der Waals surface area (Å²) in [6, 6.07) is 11.8. The number of hydrogen-bond acceptors (Lipinski definition) is 4. The molecule has 0 aliphatic carbocycles. The molecular weight excluding hydrogens is 310 g/mol. The van der Waals surface area contributed by atoms with E-state index in [0.29, 0.717) is 10.9 Å². The number of rotatable bonds is 2. The molecular formula is C18H18ClN3O. The van der Waals surface area contributed by atoms with Crippen LogP contribution in [0.3, 0.4) is 0 Å². The fraction of sp³-hybridized carbons (Fsp3) is 0.333. The minimum Gasteiger partial charge on any atom is -0.440 e. The van der Waals surface area contributed by atoms with E-state index in [1.165, 1.54) is 0 Å². The van der Waals surface area contributed by atoms with Gasteiger partial charge in [-0.1, -0.05) is 17.7 Å². The Morgan fingerprint density at radius 1 is 1.13 bits per heavy atom. The Balaban J connectivity index is 1.50. The highest BCUT2D eigenvalue weighted by atomic mass is 35.5. The van der Waals surface area contributed by atoms with Gasteiger partial charge in [0.25, 0.3) is 0 Å². The Morgan fingerprint density at radius 3 is 2.74 bits per heavy atom. The first-order valence-corrected chi connectivity index (χ1v) is 8.31. The highest BCUT2D eigenvalue weighted by molar-refractivity contribution is 6.31. The van der Waals surface area contributed by atoms with Crippen LogP contribution >= 0.6 is 11.6 Å². The lowest BCUT2D eigenvalue weighted by Crippen LogP contribution is -2.33. The summed E-state index contributed by atoms with van der Waals surface area (Å²) < 4.78 is 5.92. The van der Waals surface area contributed by atoms with Crippen molar-refractivity contribution in [2.24, 2.45) is 0 Å². The van der Waals surface area contributed by atoms with Gasteiger partial charge in [0.2, 0.25) is 0 Å². The summed E-state index contributed by atoms with van der Waals surface area (Å²) in [5.74, 6) is 2.26. The molecule has 4 rings (SSSR count). The number of piperidine rings is 1. The fourth-order valence-corrected chi connectivity index (χ4v) is 3.32. The summed E-state index contributed by atoms with van der Waals surface area (Å²) in [4.78, 5) is 11.6. The van der Waals surface area contributed by atoms with Crippen molar-refractivity contribution in [1.82, 2.24) is 9.97 Å². The van der Waals surface area contributed by atoms with Crippen molar-refractivity contribution in [3.8, 4) is 0 Å². The molecule has 0 bridgehead atoms. The summed E-state index contributed by atoms with van der Waals surface area (Å²) in [5, 5.41) is 0.692. The maximum absolute atomic E-state index is 6.02. The fourth-order valence-electron chi connectivity index (χ4n) is 3.15. The van der Waals surface area contributed by atoms with E-state index in [1.807, 2.05) is 31.2 Å². The number of halogens is 1. The Morgan fingerprint density at radius 2 is 1.96 bits per heavy atom. The zero-order valence-corrected chi connectivity index (χ0v) is 13.8. The lowest BCUT2D eigenvalue weighted by atomic mass is 9.97. The molecule has 0 amide bonds. The van der Waals surface area contributed by atoms with Crippen molar-refractivity contribution in [3.63, 3.8) is 0 Å². The Labute approximate surface area is 140 Å². The lowest BCUT2D eigenvalue weighted by Gasteiger charge is -2.31. The monoisotopic (exact) mass is 327 g/mol. The predicted molar refractivity (Wildman–Crippen MR) is 92.2 cm³/mol. The van der Waals surface area contributed by atoms with Crippen LogP contribution < -0.4 is 4.90 Å². The van der Waals surface area contributed by atoms with Gasteiger partial charge in [0.15, 0.2) is 11.5 Å². The van der Waals surface area contributed by atoms with Crippen LogP contribution in [0, 0.1) is 6.92 Å². The van der Waals surface area contributed by atoms with E-state index in [1.54, 1.807) is 0 Å². The third-order valence-corrected chi connectivity index (χ3v) is 4.64. The van der Waals surface area contributed by atoms with Crippen LogP contribution in [0.4, 0.5) is 5.82 Å². The molecule has 1 aromatic carbocycles. The highest BCUT2D eigenvalue weighted by Crippen LogP contribution is 2.32. The standard InChI is InChI=1S/C18H18ClN3O/c1-12-3-2-4-17(20-12)22-9-7-13(8-10-22)18-21-15-11-14(19)5-6-16(15)23-18/h2-6,11,13H,7-10H2,1H3. The second-order valence-corrected chi connectivity index (χ2v) is 6.50. The van der Waals surface area contributed by atoms with Gasteiger partial charge in [-0.25, -0.2) is 9.97 Å². The van der Waals surface area contributed by atoms with Crippen LogP contribution in [0.2, 0.25) is 5.02 Å². The van der Waals surface area contributed by atoms with Crippen molar-refractivity contribution < 1.29 is 4.42 Å². The molecule has 3 aromatic rings. The number of benzene rings is 1. The van der Waals surface area contributed by atoms with Gasteiger partial charge in [-0.3, -0.25) is 0 Å². The predicted octanol–water partition coefficient (Wildman–Crippen LogP) is 4.57. The number of anilines is 1.